The number of hydrogen-bond donors (Lipinski definition) is 3. The second-order valence-electron chi connectivity index (χ2n) is 9.07. The first-order valence-corrected chi connectivity index (χ1v) is 11.4. The lowest BCUT2D eigenvalue weighted by atomic mass is 10.1. The van der Waals surface area contributed by atoms with Crippen LogP contribution in [0.2, 0.25) is 0 Å². The van der Waals surface area contributed by atoms with Gasteiger partial charge in [-0.25, -0.2) is 9.69 Å². The lowest BCUT2D eigenvalue weighted by molar-refractivity contribution is -0.129. The van der Waals surface area contributed by atoms with Gasteiger partial charge in [0.1, 0.15) is 17.0 Å². The Hall–Kier alpha value is -4.22. The predicted octanol–water partition coefficient (Wildman–Crippen LogP) is 1.01. The number of unbranched alkanes of at least 4 members (excludes halogenated alkanes) is 1. The van der Waals surface area contributed by atoms with E-state index < -0.39 is 47.8 Å². The standard InChI is InChI=1S/C24H28N4O8/c1-24(2,3)36-23(34)26-12-5-4-11-25-18(30)13-35-16-8-6-7-14-19(16)22(33)28(21(14)32)15-9-10-17(29)27-20(15)31/h6-9H,4-5,10-13H2,1-3H3,(H,25,30)(H,26,34)(H,27,29,31). The summed E-state index contributed by atoms with van der Waals surface area (Å²) in [7, 11) is 0. The van der Waals surface area contributed by atoms with Crippen LogP contribution in [0.4, 0.5) is 4.79 Å². The number of amides is 6. The van der Waals surface area contributed by atoms with Crippen LogP contribution >= 0.6 is 0 Å². The van der Waals surface area contributed by atoms with Gasteiger partial charge in [0.05, 0.1) is 11.1 Å². The van der Waals surface area contributed by atoms with Gasteiger partial charge in [-0.15, -0.1) is 0 Å². The van der Waals surface area contributed by atoms with Crippen LogP contribution in [0.1, 0.15) is 60.7 Å². The highest BCUT2D eigenvalue weighted by Gasteiger charge is 2.43. The van der Waals surface area contributed by atoms with Crippen LogP contribution in [0, 0.1) is 0 Å². The number of rotatable bonds is 9. The Morgan fingerprint density at radius 1 is 1.03 bits per heavy atom. The maximum absolute atomic E-state index is 13.0. The predicted molar refractivity (Wildman–Crippen MR) is 125 cm³/mol. The SMILES string of the molecule is CC(C)(C)OC(=O)NCCCCNC(=O)COc1cccc2c1C(=O)N(C1=CCC(=O)NC1=O)C2=O. The Balaban J connectivity index is 1.48. The molecule has 192 valence electrons. The van der Waals surface area contributed by atoms with Crippen LogP contribution in [-0.2, 0) is 19.1 Å². The smallest absolute Gasteiger partial charge is 0.407 e. The Bertz CT molecular complexity index is 1140. The van der Waals surface area contributed by atoms with E-state index in [2.05, 4.69) is 16.0 Å². The Kier molecular flexibility index (Phi) is 8.07. The summed E-state index contributed by atoms with van der Waals surface area (Å²) in [5, 5.41) is 7.38. The molecule has 0 saturated carbocycles. The summed E-state index contributed by atoms with van der Waals surface area (Å²) in [6, 6.07) is 4.36. The molecule has 0 unspecified atom stereocenters. The molecule has 3 N–H and O–H groups in total. The van der Waals surface area contributed by atoms with Gasteiger partial charge in [-0.3, -0.25) is 29.3 Å². The molecule has 1 aromatic carbocycles. The van der Waals surface area contributed by atoms with E-state index in [9.17, 15) is 28.8 Å². The highest BCUT2D eigenvalue weighted by Crippen LogP contribution is 2.33. The number of imide groups is 2. The van der Waals surface area contributed by atoms with Crippen LogP contribution in [0.15, 0.2) is 30.0 Å². The average Bonchev–Trinajstić information content (AvgIpc) is 3.04. The fourth-order valence-electron chi connectivity index (χ4n) is 3.49. The van der Waals surface area contributed by atoms with Crippen molar-refractivity contribution in [1.29, 1.82) is 0 Å². The summed E-state index contributed by atoms with van der Waals surface area (Å²) in [6.07, 6.45) is 1.79. The van der Waals surface area contributed by atoms with Gasteiger partial charge < -0.3 is 20.1 Å². The minimum absolute atomic E-state index is 0.0259. The lowest BCUT2D eigenvalue weighted by Gasteiger charge is -2.20. The first kappa shape index (κ1) is 26.4. The van der Waals surface area contributed by atoms with E-state index in [0.29, 0.717) is 30.8 Å². The number of ether oxygens (including phenoxy) is 2. The molecule has 2 aliphatic heterocycles. The van der Waals surface area contributed by atoms with E-state index in [4.69, 9.17) is 9.47 Å². The number of carbonyl (C=O) groups is 6. The van der Waals surface area contributed by atoms with Crippen LogP contribution < -0.4 is 20.7 Å². The van der Waals surface area contributed by atoms with E-state index in [0.717, 1.165) is 0 Å². The molecule has 3 rings (SSSR count). The van der Waals surface area contributed by atoms with Gasteiger partial charge in [0.25, 0.3) is 23.6 Å². The molecule has 0 radical (unpaired) electrons. The molecular weight excluding hydrogens is 472 g/mol. The molecule has 2 heterocycles. The van der Waals surface area contributed by atoms with E-state index in [1.807, 2.05) is 0 Å². The third-order valence-electron chi connectivity index (χ3n) is 5.04. The molecule has 1 aromatic rings. The number of fused-ring (bicyclic) bond motifs is 1. The second kappa shape index (κ2) is 11.0. The topological polar surface area (TPSA) is 160 Å². The van der Waals surface area contributed by atoms with Gasteiger partial charge in [0.15, 0.2) is 6.61 Å². The molecule has 0 aliphatic carbocycles. The van der Waals surface area contributed by atoms with Gasteiger partial charge in [-0.1, -0.05) is 6.07 Å². The molecule has 6 amide bonds. The molecule has 12 heteroatoms. The number of carbonyl (C=O) groups excluding carboxylic acids is 6. The summed E-state index contributed by atoms with van der Waals surface area (Å²) in [4.78, 5) is 73.7. The van der Waals surface area contributed by atoms with E-state index in [1.54, 1.807) is 20.8 Å². The van der Waals surface area contributed by atoms with Crippen molar-refractivity contribution in [3.8, 4) is 5.75 Å². The summed E-state index contributed by atoms with van der Waals surface area (Å²) in [5.74, 6) is -3.29. The van der Waals surface area contributed by atoms with Gasteiger partial charge >= 0.3 is 6.09 Å². The normalized spacial score (nSPS) is 15.2. The molecule has 0 bridgehead atoms. The Morgan fingerprint density at radius 2 is 1.72 bits per heavy atom. The van der Waals surface area contributed by atoms with Crippen LogP contribution in [-0.4, -0.2) is 65.8 Å². The van der Waals surface area contributed by atoms with Gasteiger partial charge in [0.2, 0.25) is 5.91 Å². The molecule has 12 nitrogen and oxygen atoms in total. The van der Waals surface area contributed by atoms with Crippen molar-refractivity contribution < 1.29 is 38.2 Å². The summed E-state index contributed by atoms with van der Waals surface area (Å²) >= 11 is 0. The first-order chi connectivity index (χ1) is 17.0. The maximum atomic E-state index is 13.0. The zero-order chi connectivity index (χ0) is 26.5. The van der Waals surface area contributed by atoms with Crippen molar-refractivity contribution in [2.75, 3.05) is 19.7 Å². The fourth-order valence-corrected chi connectivity index (χ4v) is 3.49. The lowest BCUT2D eigenvalue weighted by Crippen LogP contribution is -2.43. The van der Waals surface area contributed by atoms with Crippen molar-refractivity contribution in [1.82, 2.24) is 20.9 Å². The minimum Gasteiger partial charge on any atom is -0.483 e. The monoisotopic (exact) mass is 500 g/mol. The van der Waals surface area contributed by atoms with Crippen LogP contribution in [0.5, 0.6) is 5.75 Å². The highest BCUT2D eigenvalue weighted by molar-refractivity contribution is 6.27. The van der Waals surface area contributed by atoms with Crippen LogP contribution in [0.3, 0.4) is 0 Å². The van der Waals surface area contributed by atoms with E-state index in [-0.39, 0.29) is 29.0 Å². The van der Waals surface area contributed by atoms with Crippen molar-refractivity contribution >= 4 is 35.6 Å². The molecule has 36 heavy (non-hydrogen) atoms. The number of benzene rings is 1. The highest BCUT2D eigenvalue weighted by atomic mass is 16.6. The molecular formula is C24H28N4O8. The zero-order valence-electron chi connectivity index (χ0n) is 20.3. The summed E-state index contributed by atoms with van der Waals surface area (Å²) in [5.41, 5.74) is -0.837. The molecule has 0 spiro atoms. The van der Waals surface area contributed by atoms with Gasteiger partial charge in [0, 0.05) is 19.5 Å². The van der Waals surface area contributed by atoms with Gasteiger partial charge in [-0.05, 0) is 51.8 Å². The largest absolute Gasteiger partial charge is 0.483 e. The summed E-state index contributed by atoms with van der Waals surface area (Å²) in [6.45, 7) is 5.66. The summed E-state index contributed by atoms with van der Waals surface area (Å²) < 4.78 is 10.6. The molecule has 0 aromatic heterocycles. The zero-order valence-corrected chi connectivity index (χ0v) is 20.3. The fraction of sp³-hybridized carbons (Fsp3) is 0.417. The van der Waals surface area contributed by atoms with E-state index >= 15 is 0 Å². The molecule has 0 saturated heterocycles. The van der Waals surface area contributed by atoms with Crippen molar-refractivity contribution in [3.63, 3.8) is 0 Å². The van der Waals surface area contributed by atoms with Crippen molar-refractivity contribution in [2.24, 2.45) is 0 Å². The number of nitrogens with one attached hydrogen (secondary N) is 3. The number of alkyl carbamates (subject to hydrolysis) is 1. The quantitative estimate of drug-likeness (QED) is 0.335. The maximum Gasteiger partial charge on any atom is 0.407 e. The molecule has 0 fully saturated rings. The Labute approximate surface area is 207 Å². The average molecular weight is 501 g/mol. The first-order valence-electron chi connectivity index (χ1n) is 11.4. The molecule has 0 atom stereocenters. The molecule has 2 aliphatic rings. The van der Waals surface area contributed by atoms with Crippen LogP contribution in [0.25, 0.3) is 0 Å². The number of hydrogen-bond acceptors (Lipinski definition) is 8. The Morgan fingerprint density at radius 3 is 2.39 bits per heavy atom. The third kappa shape index (κ3) is 6.46. The minimum atomic E-state index is -0.844. The van der Waals surface area contributed by atoms with Gasteiger partial charge in [-0.2, -0.15) is 0 Å². The number of nitrogens with zero attached hydrogens (tertiary/aromatic N) is 1. The second-order valence-corrected chi connectivity index (χ2v) is 9.07. The van der Waals surface area contributed by atoms with Crippen molar-refractivity contribution in [2.45, 2.75) is 45.6 Å². The third-order valence-corrected chi connectivity index (χ3v) is 5.04. The van der Waals surface area contributed by atoms with E-state index in [1.165, 1.54) is 24.3 Å². The van der Waals surface area contributed by atoms with Crippen molar-refractivity contribution in [3.05, 3.63) is 41.1 Å².